The standard InChI is InChI=1S/C31H30N2O4S2/c1-2-36-30(35)22-11-15-25(16-12-22)37-26-17-23-13-14-24(18-26)33(23)29(34)21-9-7-20(8-10-21)19-38-31-32-27-5-3-4-6-28(27)39-31/h3-12,15-16,23-24,26H,2,13-14,17-19H2,1H3. The van der Waals surface area contributed by atoms with E-state index < -0.39 is 0 Å². The van der Waals surface area contributed by atoms with Crippen LogP contribution in [0.4, 0.5) is 0 Å². The Morgan fingerprint density at radius 1 is 0.949 bits per heavy atom. The molecular weight excluding hydrogens is 528 g/mol. The van der Waals surface area contributed by atoms with Crippen molar-refractivity contribution < 1.29 is 19.1 Å². The maximum atomic E-state index is 13.5. The van der Waals surface area contributed by atoms with Crippen molar-refractivity contribution >= 4 is 45.2 Å². The highest BCUT2D eigenvalue weighted by molar-refractivity contribution is 8.00. The summed E-state index contributed by atoms with van der Waals surface area (Å²) in [5, 5.41) is 0. The molecule has 2 fully saturated rings. The van der Waals surface area contributed by atoms with Crippen LogP contribution < -0.4 is 4.74 Å². The molecule has 3 heterocycles. The molecule has 0 radical (unpaired) electrons. The average Bonchev–Trinajstić information content (AvgIpc) is 3.50. The first kappa shape index (κ1) is 25.9. The Kier molecular flexibility index (Phi) is 7.57. The van der Waals surface area contributed by atoms with E-state index in [2.05, 4.69) is 23.1 Å². The molecule has 2 atom stereocenters. The van der Waals surface area contributed by atoms with E-state index in [4.69, 9.17) is 14.5 Å². The van der Waals surface area contributed by atoms with Gasteiger partial charge in [0.25, 0.3) is 5.91 Å². The van der Waals surface area contributed by atoms with Crippen molar-refractivity contribution in [3.05, 3.63) is 89.5 Å². The maximum Gasteiger partial charge on any atom is 0.338 e. The van der Waals surface area contributed by atoms with E-state index in [1.807, 2.05) is 42.5 Å². The topological polar surface area (TPSA) is 68.7 Å². The molecule has 1 amide bonds. The summed E-state index contributed by atoms with van der Waals surface area (Å²) in [6.07, 6.45) is 3.71. The van der Waals surface area contributed by atoms with Crippen molar-refractivity contribution in [3.8, 4) is 5.75 Å². The highest BCUT2D eigenvalue weighted by Crippen LogP contribution is 2.38. The Bertz CT molecular complexity index is 1420. The molecule has 2 aliphatic rings. The van der Waals surface area contributed by atoms with Crippen molar-refractivity contribution in [1.82, 2.24) is 9.88 Å². The number of nitrogens with zero attached hydrogens (tertiary/aromatic N) is 2. The van der Waals surface area contributed by atoms with Crippen LogP contribution in [0.3, 0.4) is 0 Å². The van der Waals surface area contributed by atoms with Gasteiger partial charge in [0.05, 0.1) is 22.4 Å². The highest BCUT2D eigenvalue weighted by atomic mass is 32.2. The van der Waals surface area contributed by atoms with Gasteiger partial charge in [0.2, 0.25) is 0 Å². The number of amides is 1. The normalized spacial score (nSPS) is 20.2. The van der Waals surface area contributed by atoms with Gasteiger partial charge in [-0.1, -0.05) is 36.0 Å². The molecule has 3 aromatic carbocycles. The zero-order valence-electron chi connectivity index (χ0n) is 21.7. The molecular formula is C31H30N2O4S2. The molecule has 200 valence electrons. The molecule has 6 rings (SSSR count). The number of thiazole rings is 1. The second-order valence-electron chi connectivity index (χ2n) is 9.99. The molecule has 2 unspecified atom stereocenters. The maximum absolute atomic E-state index is 13.5. The van der Waals surface area contributed by atoms with Gasteiger partial charge in [-0.2, -0.15) is 0 Å². The van der Waals surface area contributed by atoms with Crippen LogP contribution in [-0.4, -0.2) is 46.6 Å². The zero-order chi connectivity index (χ0) is 26.8. The van der Waals surface area contributed by atoms with Gasteiger partial charge in [-0.3, -0.25) is 4.79 Å². The number of para-hydroxylation sites is 1. The van der Waals surface area contributed by atoms with E-state index in [1.165, 1.54) is 10.3 Å². The van der Waals surface area contributed by atoms with Crippen molar-refractivity contribution in [2.24, 2.45) is 0 Å². The van der Waals surface area contributed by atoms with Gasteiger partial charge in [-0.25, -0.2) is 9.78 Å². The second-order valence-corrected chi connectivity index (χ2v) is 12.2. The number of piperidine rings is 1. The Balaban J connectivity index is 1.04. The summed E-state index contributed by atoms with van der Waals surface area (Å²) in [5.41, 5.74) is 3.49. The Morgan fingerprint density at radius 2 is 1.64 bits per heavy atom. The van der Waals surface area contributed by atoms with Crippen molar-refractivity contribution in [1.29, 1.82) is 0 Å². The molecule has 8 heteroatoms. The quantitative estimate of drug-likeness (QED) is 0.172. The first-order chi connectivity index (χ1) is 19.1. The van der Waals surface area contributed by atoms with Gasteiger partial charge >= 0.3 is 5.97 Å². The Hall–Kier alpha value is -3.36. The predicted molar refractivity (Wildman–Crippen MR) is 155 cm³/mol. The fourth-order valence-electron chi connectivity index (χ4n) is 5.58. The SMILES string of the molecule is CCOC(=O)c1ccc(OC2CC3CCC(C2)N3C(=O)c2ccc(CSc3nc4ccccc4s3)cc2)cc1. The summed E-state index contributed by atoms with van der Waals surface area (Å²) in [4.78, 5) is 32.2. The number of esters is 1. The number of hydrogen-bond donors (Lipinski definition) is 0. The van der Waals surface area contributed by atoms with Crippen LogP contribution in [0.25, 0.3) is 10.2 Å². The fourth-order valence-corrected chi connectivity index (χ4v) is 7.61. The van der Waals surface area contributed by atoms with Crippen LogP contribution >= 0.6 is 23.1 Å². The van der Waals surface area contributed by atoms with E-state index in [9.17, 15) is 9.59 Å². The lowest BCUT2D eigenvalue weighted by Crippen LogP contribution is -2.49. The van der Waals surface area contributed by atoms with E-state index in [1.54, 1.807) is 42.2 Å². The Morgan fingerprint density at radius 3 is 2.33 bits per heavy atom. The van der Waals surface area contributed by atoms with E-state index in [0.717, 1.165) is 52.6 Å². The summed E-state index contributed by atoms with van der Waals surface area (Å²) >= 11 is 3.45. The van der Waals surface area contributed by atoms with Crippen LogP contribution in [-0.2, 0) is 10.5 Å². The molecule has 39 heavy (non-hydrogen) atoms. The molecule has 6 nitrogen and oxygen atoms in total. The van der Waals surface area contributed by atoms with E-state index in [0.29, 0.717) is 12.2 Å². The largest absolute Gasteiger partial charge is 0.490 e. The lowest BCUT2D eigenvalue weighted by atomic mass is 9.98. The van der Waals surface area contributed by atoms with Gasteiger partial charge in [-0.15, -0.1) is 11.3 Å². The molecule has 1 aromatic heterocycles. The highest BCUT2D eigenvalue weighted by Gasteiger charge is 2.44. The van der Waals surface area contributed by atoms with Gasteiger partial charge in [0.1, 0.15) is 11.9 Å². The summed E-state index contributed by atoms with van der Waals surface area (Å²) in [6, 6.07) is 23.7. The Labute approximate surface area is 236 Å². The average molecular weight is 559 g/mol. The lowest BCUT2D eigenvalue weighted by Gasteiger charge is -2.39. The van der Waals surface area contributed by atoms with Crippen LogP contribution in [0.5, 0.6) is 5.75 Å². The minimum Gasteiger partial charge on any atom is -0.490 e. The summed E-state index contributed by atoms with van der Waals surface area (Å²) < 4.78 is 13.6. The molecule has 0 aliphatic carbocycles. The molecule has 0 N–H and O–H groups in total. The number of rotatable bonds is 8. The number of fused-ring (bicyclic) bond motifs is 3. The third-order valence-electron chi connectivity index (χ3n) is 7.43. The van der Waals surface area contributed by atoms with Crippen LogP contribution in [0.1, 0.15) is 58.9 Å². The molecule has 2 aliphatic heterocycles. The zero-order valence-corrected chi connectivity index (χ0v) is 23.4. The number of carbonyl (C=O) groups excluding carboxylic acids is 2. The second kappa shape index (κ2) is 11.4. The minimum absolute atomic E-state index is 0.0573. The third-order valence-corrected chi connectivity index (χ3v) is 9.68. The van der Waals surface area contributed by atoms with Crippen molar-refractivity contribution in [2.45, 2.75) is 60.9 Å². The summed E-state index contributed by atoms with van der Waals surface area (Å²) in [6.45, 7) is 2.15. The van der Waals surface area contributed by atoms with Crippen molar-refractivity contribution in [3.63, 3.8) is 0 Å². The van der Waals surface area contributed by atoms with Gasteiger partial charge in [0.15, 0.2) is 4.34 Å². The molecule has 0 spiro atoms. The summed E-state index contributed by atoms with van der Waals surface area (Å²) in [7, 11) is 0. The van der Waals surface area contributed by atoms with Crippen LogP contribution in [0, 0.1) is 0 Å². The van der Waals surface area contributed by atoms with Gasteiger partial charge in [0, 0.05) is 36.2 Å². The number of hydrogen-bond acceptors (Lipinski definition) is 7. The molecule has 2 bridgehead atoms. The fraction of sp³-hybridized carbons (Fsp3) is 0.323. The number of aromatic nitrogens is 1. The molecule has 2 saturated heterocycles. The monoisotopic (exact) mass is 558 g/mol. The van der Waals surface area contributed by atoms with E-state index in [-0.39, 0.29) is 30.1 Å². The number of ether oxygens (including phenoxy) is 2. The number of carbonyl (C=O) groups is 2. The predicted octanol–water partition coefficient (Wildman–Crippen LogP) is 6.98. The summed E-state index contributed by atoms with van der Waals surface area (Å²) in [5.74, 6) is 1.36. The first-order valence-corrected chi connectivity index (χ1v) is 15.2. The number of benzene rings is 3. The number of thioether (sulfide) groups is 1. The molecule has 0 saturated carbocycles. The van der Waals surface area contributed by atoms with Crippen molar-refractivity contribution in [2.75, 3.05) is 6.61 Å². The van der Waals surface area contributed by atoms with Gasteiger partial charge < -0.3 is 14.4 Å². The smallest absolute Gasteiger partial charge is 0.338 e. The minimum atomic E-state index is -0.325. The van der Waals surface area contributed by atoms with E-state index >= 15 is 0 Å². The van der Waals surface area contributed by atoms with Gasteiger partial charge in [-0.05, 0) is 73.9 Å². The van der Waals surface area contributed by atoms with Crippen LogP contribution in [0.15, 0.2) is 77.1 Å². The molecule has 4 aromatic rings. The first-order valence-electron chi connectivity index (χ1n) is 13.4. The van der Waals surface area contributed by atoms with Crippen LogP contribution in [0.2, 0.25) is 0 Å². The third kappa shape index (κ3) is 5.68. The lowest BCUT2D eigenvalue weighted by molar-refractivity contribution is 0.0359.